The summed E-state index contributed by atoms with van der Waals surface area (Å²) in [7, 11) is 0. The molecule has 2 heterocycles. The smallest absolute Gasteiger partial charge is 0.561 e. The molecule has 1 atom stereocenters. The average Bonchev–Trinajstić information content (AvgIpc) is 2.29. The third kappa shape index (κ3) is 5.01. The summed E-state index contributed by atoms with van der Waals surface area (Å²) in [5.41, 5.74) is 5.65. The fourth-order valence-corrected chi connectivity index (χ4v) is 1.30. The van der Waals surface area contributed by atoms with Crippen LogP contribution >= 0.6 is 0 Å². The molecule has 0 amide bonds. The molecule has 2 aliphatic rings. The Labute approximate surface area is 111 Å². The van der Waals surface area contributed by atoms with Gasteiger partial charge in [0.15, 0.2) is 0 Å². The quantitative estimate of drug-likeness (QED) is 0.574. The zero-order valence-corrected chi connectivity index (χ0v) is 12.2. The number of rotatable bonds is 3. The first-order valence-electron chi connectivity index (χ1n) is 4.68. The largest absolute Gasteiger partial charge is 2.00 e. The summed E-state index contributed by atoms with van der Waals surface area (Å²) >= 11 is 0. The van der Waals surface area contributed by atoms with Gasteiger partial charge in [0.05, 0.1) is 25.9 Å². The number of hydrogen-bond donors (Lipinski definition) is 3. The molecule has 0 aromatic carbocycles. The van der Waals surface area contributed by atoms with E-state index in [4.69, 9.17) is 9.47 Å². The van der Waals surface area contributed by atoms with Gasteiger partial charge in [0.25, 0.3) is 0 Å². The first-order valence-corrected chi connectivity index (χ1v) is 4.68. The van der Waals surface area contributed by atoms with Gasteiger partial charge in [-0.15, -0.1) is 0 Å². The number of allylic oxidation sites excluding steroid dienone is 2. The van der Waals surface area contributed by atoms with Crippen LogP contribution in [0.1, 0.15) is 0 Å². The first kappa shape index (κ1) is 15.5. The van der Waals surface area contributed by atoms with Crippen molar-refractivity contribution < 1.29 is 30.5 Å². The molecule has 1 unspecified atom stereocenters. The van der Waals surface area contributed by atoms with E-state index in [0.29, 0.717) is 19.1 Å². The standard InChI is InChI=1S/C9H14N3O2.CH3.W/c1-2-9(12-11-3-1)14-7-8-6-13-5-4-10-8;;/h2-3,8,10-12H,4-7H2;1H3;/q2*-1;+2. The number of ether oxygens (including phenoxy) is 2. The van der Waals surface area contributed by atoms with Gasteiger partial charge >= 0.3 is 21.1 Å². The van der Waals surface area contributed by atoms with Crippen LogP contribution in [0.2, 0.25) is 0 Å². The van der Waals surface area contributed by atoms with Gasteiger partial charge < -0.3 is 33.1 Å². The number of hydrogen-bond acceptors (Lipinski definition) is 5. The molecule has 6 heteroatoms. The Hall–Kier alpha value is -0.512. The summed E-state index contributed by atoms with van der Waals surface area (Å²) in [4.78, 5) is 0. The minimum Gasteiger partial charge on any atom is -0.561 e. The Morgan fingerprint density at radius 3 is 3.06 bits per heavy atom. The Morgan fingerprint density at radius 1 is 1.56 bits per heavy atom. The van der Waals surface area contributed by atoms with Crippen molar-refractivity contribution >= 4 is 0 Å². The van der Waals surface area contributed by atoms with Gasteiger partial charge in [-0.1, -0.05) is 6.20 Å². The summed E-state index contributed by atoms with van der Waals surface area (Å²) in [6, 6.07) is 0.275. The van der Waals surface area contributed by atoms with E-state index >= 15 is 0 Å². The maximum Gasteiger partial charge on any atom is 2.00 e. The van der Waals surface area contributed by atoms with Gasteiger partial charge in [0.1, 0.15) is 0 Å². The van der Waals surface area contributed by atoms with Gasteiger partial charge in [0, 0.05) is 12.4 Å². The Morgan fingerprint density at radius 2 is 2.44 bits per heavy atom. The summed E-state index contributed by atoms with van der Waals surface area (Å²) in [5.74, 6) is 0.680. The fourth-order valence-electron chi connectivity index (χ4n) is 1.30. The zero-order chi connectivity index (χ0) is 9.64. The number of morpholine rings is 1. The second-order valence-electron chi connectivity index (χ2n) is 3.13. The normalized spacial score (nSPS) is 22.8. The topological polar surface area (TPSA) is 54.5 Å². The third-order valence-corrected chi connectivity index (χ3v) is 2.00. The molecule has 2 aliphatic heterocycles. The van der Waals surface area contributed by atoms with Crippen molar-refractivity contribution in [1.29, 1.82) is 0 Å². The molecule has 0 radical (unpaired) electrons. The Kier molecular flexibility index (Phi) is 8.34. The van der Waals surface area contributed by atoms with Crippen molar-refractivity contribution in [2.45, 2.75) is 6.04 Å². The summed E-state index contributed by atoms with van der Waals surface area (Å²) in [6.45, 7) is 2.99. The summed E-state index contributed by atoms with van der Waals surface area (Å²) < 4.78 is 10.8. The first-order chi connectivity index (χ1) is 6.95. The second-order valence-corrected chi connectivity index (χ2v) is 3.13. The zero-order valence-electron chi connectivity index (χ0n) is 9.29. The van der Waals surface area contributed by atoms with Crippen molar-refractivity contribution in [3.8, 4) is 0 Å². The molecule has 0 aromatic rings. The van der Waals surface area contributed by atoms with Crippen LogP contribution in [0.4, 0.5) is 0 Å². The van der Waals surface area contributed by atoms with E-state index in [1.165, 1.54) is 0 Å². The minimum atomic E-state index is 0. The molecule has 0 saturated carbocycles. The van der Waals surface area contributed by atoms with E-state index in [0.717, 1.165) is 13.2 Å². The summed E-state index contributed by atoms with van der Waals surface area (Å²) in [6.07, 6.45) is 6.31. The van der Waals surface area contributed by atoms with Crippen LogP contribution in [-0.2, 0) is 30.5 Å². The number of hydrazine groups is 1. The Bertz CT molecular complexity index is 240. The monoisotopic (exact) mass is 395 g/mol. The van der Waals surface area contributed by atoms with Crippen molar-refractivity contribution in [3.63, 3.8) is 0 Å². The molecule has 2 rings (SSSR count). The molecule has 90 valence electrons. The molecule has 0 bridgehead atoms. The van der Waals surface area contributed by atoms with Crippen LogP contribution in [-0.4, -0.2) is 32.4 Å². The van der Waals surface area contributed by atoms with Crippen LogP contribution in [0.25, 0.3) is 0 Å². The van der Waals surface area contributed by atoms with E-state index in [1.54, 1.807) is 12.3 Å². The van der Waals surface area contributed by atoms with Crippen molar-refractivity contribution in [3.05, 3.63) is 31.7 Å². The van der Waals surface area contributed by atoms with Crippen molar-refractivity contribution in [2.24, 2.45) is 0 Å². The van der Waals surface area contributed by atoms with Crippen LogP contribution in [0, 0.1) is 13.5 Å². The van der Waals surface area contributed by atoms with E-state index in [2.05, 4.69) is 22.2 Å². The summed E-state index contributed by atoms with van der Waals surface area (Å²) in [5, 5.41) is 3.31. The third-order valence-electron chi connectivity index (χ3n) is 2.00. The molecule has 0 spiro atoms. The number of nitrogens with one attached hydrogen (secondary N) is 3. The van der Waals surface area contributed by atoms with Gasteiger partial charge in [-0.25, -0.2) is 6.08 Å². The maximum atomic E-state index is 5.48. The van der Waals surface area contributed by atoms with E-state index in [1.807, 2.05) is 0 Å². The van der Waals surface area contributed by atoms with Crippen LogP contribution in [0.15, 0.2) is 18.2 Å². The minimum absolute atomic E-state index is 0. The van der Waals surface area contributed by atoms with E-state index < -0.39 is 0 Å². The van der Waals surface area contributed by atoms with Crippen LogP contribution < -0.4 is 16.2 Å². The van der Waals surface area contributed by atoms with Crippen LogP contribution in [0.5, 0.6) is 0 Å². The van der Waals surface area contributed by atoms with Gasteiger partial charge in [-0.3, -0.25) is 0 Å². The van der Waals surface area contributed by atoms with Crippen molar-refractivity contribution in [1.82, 2.24) is 16.2 Å². The van der Waals surface area contributed by atoms with Crippen molar-refractivity contribution in [2.75, 3.05) is 26.4 Å². The van der Waals surface area contributed by atoms with Crippen LogP contribution in [0.3, 0.4) is 0 Å². The predicted octanol–water partition coefficient (Wildman–Crippen LogP) is -0.295. The average molecular weight is 395 g/mol. The molecule has 16 heavy (non-hydrogen) atoms. The molecular weight excluding hydrogens is 378 g/mol. The second kappa shape index (κ2) is 8.62. The van der Waals surface area contributed by atoms with Gasteiger partial charge in [0.2, 0.25) is 0 Å². The van der Waals surface area contributed by atoms with E-state index in [9.17, 15) is 0 Å². The SMILES string of the molecule is [C-]1=CNNC(OCC2COCCN2)=C1.[CH3-].[W+2]. The molecule has 0 aromatic heterocycles. The molecular formula is C10H17N3O2W. The maximum absolute atomic E-state index is 5.48. The molecule has 1 saturated heterocycles. The predicted molar refractivity (Wildman–Crippen MR) is 57.1 cm³/mol. The molecule has 5 nitrogen and oxygen atoms in total. The van der Waals surface area contributed by atoms with Gasteiger partial charge in [-0.2, -0.15) is 6.08 Å². The van der Waals surface area contributed by atoms with Gasteiger partial charge in [-0.05, 0) is 0 Å². The fraction of sp³-hybridized carbons (Fsp3) is 0.500. The molecule has 3 N–H and O–H groups in total. The Balaban J connectivity index is 0.00000112. The van der Waals surface area contributed by atoms with E-state index in [-0.39, 0.29) is 34.5 Å². The molecule has 0 aliphatic carbocycles. The molecule has 1 fully saturated rings.